The lowest BCUT2D eigenvalue weighted by Crippen LogP contribution is -2.27. The van der Waals surface area contributed by atoms with Crippen LogP contribution in [0, 0.1) is 6.92 Å². The molecular weight excluding hydrogens is 300 g/mol. The second-order valence-electron chi connectivity index (χ2n) is 6.21. The quantitative estimate of drug-likeness (QED) is 0.709. The van der Waals surface area contributed by atoms with E-state index in [0.29, 0.717) is 4.75 Å². The minimum absolute atomic E-state index is 0.0582. The number of thioether (sulfide) groups is 1. The molecular formula is C17H23ClN2S. The normalized spacial score (nSPS) is 19.2. The van der Waals surface area contributed by atoms with Crippen LogP contribution in [0.4, 0.5) is 0 Å². The maximum Gasteiger partial charge on any atom is 0.127 e. The molecule has 21 heavy (non-hydrogen) atoms. The van der Waals surface area contributed by atoms with Gasteiger partial charge in [-0.25, -0.2) is 4.98 Å². The third kappa shape index (κ3) is 2.70. The van der Waals surface area contributed by atoms with E-state index in [0.717, 1.165) is 17.9 Å². The predicted molar refractivity (Wildman–Crippen MR) is 93.5 cm³/mol. The highest BCUT2D eigenvalue weighted by molar-refractivity contribution is 8.00. The molecule has 1 fully saturated rings. The van der Waals surface area contributed by atoms with Crippen LogP contribution < -0.4 is 0 Å². The molecule has 3 rings (SSSR count). The highest BCUT2D eigenvalue weighted by Gasteiger charge is 2.34. The van der Waals surface area contributed by atoms with Crippen LogP contribution in [0.1, 0.15) is 49.4 Å². The van der Waals surface area contributed by atoms with Gasteiger partial charge in [0.1, 0.15) is 5.82 Å². The monoisotopic (exact) mass is 322 g/mol. The van der Waals surface area contributed by atoms with Crippen molar-refractivity contribution < 1.29 is 0 Å². The Bertz CT molecular complexity index is 642. The lowest BCUT2D eigenvalue weighted by molar-refractivity contribution is 0.501. The molecule has 1 aromatic carbocycles. The zero-order valence-corrected chi connectivity index (χ0v) is 14.6. The van der Waals surface area contributed by atoms with E-state index < -0.39 is 0 Å². The number of fused-ring (bicyclic) bond motifs is 1. The fourth-order valence-electron chi connectivity index (χ4n) is 3.51. The van der Waals surface area contributed by atoms with Gasteiger partial charge in [0.2, 0.25) is 0 Å². The Morgan fingerprint density at radius 2 is 2.10 bits per heavy atom. The van der Waals surface area contributed by atoms with Crippen LogP contribution in [0.25, 0.3) is 11.0 Å². The van der Waals surface area contributed by atoms with Crippen molar-refractivity contribution in [3.05, 3.63) is 29.6 Å². The molecule has 0 N–H and O–H groups in total. The zero-order chi connectivity index (χ0) is 15.0. The third-order valence-corrected chi connectivity index (χ3v) is 6.36. The molecule has 2 nitrogen and oxygen atoms in total. The zero-order valence-electron chi connectivity index (χ0n) is 13.0. The number of hydrogen-bond acceptors (Lipinski definition) is 2. The number of rotatable bonds is 4. The van der Waals surface area contributed by atoms with Gasteiger partial charge >= 0.3 is 0 Å². The summed E-state index contributed by atoms with van der Waals surface area (Å²) in [6.45, 7) is 5.18. The van der Waals surface area contributed by atoms with Crippen molar-refractivity contribution in [1.29, 1.82) is 0 Å². The molecule has 0 saturated heterocycles. The maximum absolute atomic E-state index is 6.42. The first-order valence-electron chi connectivity index (χ1n) is 7.71. The van der Waals surface area contributed by atoms with Gasteiger partial charge in [0.25, 0.3) is 0 Å². The summed E-state index contributed by atoms with van der Waals surface area (Å²) in [6.07, 6.45) is 7.54. The molecule has 0 radical (unpaired) electrons. The average Bonchev–Trinajstić information content (AvgIpc) is 3.06. The van der Waals surface area contributed by atoms with Crippen molar-refractivity contribution in [2.45, 2.75) is 56.2 Å². The summed E-state index contributed by atoms with van der Waals surface area (Å²) in [5.41, 5.74) is 3.57. The first kappa shape index (κ1) is 15.2. The predicted octanol–water partition coefficient (Wildman–Crippen LogP) is 5.32. The van der Waals surface area contributed by atoms with Crippen LogP contribution in [0.2, 0.25) is 0 Å². The number of imidazole rings is 1. The van der Waals surface area contributed by atoms with Gasteiger partial charge in [-0.3, -0.25) is 0 Å². The fraction of sp³-hybridized carbons (Fsp3) is 0.588. The molecule has 0 amide bonds. The molecule has 4 heteroatoms. The molecule has 1 aliphatic rings. The van der Waals surface area contributed by atoms with Crippen molar-refractivity contribution in [3.8, 4) is 0 Å². The van der Waals surface area contributed by atoms with Gasteiger partial charge in [-0.15, -0.1) is 11.6 Å². The first-order valence-corrected chi connectivity index (χ1v) is 9.37. The van der Waals surface area contributed by atoms with Gasteiger partial charge < -0.3 is 4.57 Å². The first-order chi connectivity index (χ1) is 10.1. The lowest BCUT2D eigenvalue weighted by Gasteiger charge is -2.28. The number of hydrogen-bond donors (Lipinski definition) is 0. The second-order valence-corrected chi connectivity index (χ2v) is 8.14. The van der Waals surface area contributed by atoms with E-state index in [9.17, 15) is 0 Å². The molecule has 114 valence electrons. The number of halogens is 1. The van der Waals surface area contributed by atoms with Crippen molar-refractivity contribution in [2.24, 2.45) is 0 Å². The van der Waals surface area contributed by atoms with E-state index in [-0.39, 0.29) is 5.38 Å². The van der Waals surface area contributed by atoms with Gasteiger partial charge in [-0.05, 0) is 44.6 Å². The van der Waals surface area contributed by atoms with Gasteiger partial charge in [0, 0.05) is 11.3 Å². The van der Waals surface area contributed by atoms with Crippen molar-refractivity contribution in [1.82, 2.24) is 9.55 Å². The van der Waals surface area contributed by atoms with Crippen LogP contribution in [0.5, 0.6) is 0 Å². The van der Waals surface area contributed by atoms with E-state index in [4.69, 9.17) is 16.6 Å². The summed E-state index contributed by atoms with van der Waals surface area (Å²) < 4.78 is 2.74. The SMILES string of the molecule is CSC1(Cn2c(C(C)Cl)nc3c(C)cccc32)CCCC1. The largest absolute Gasteiger partial charge is 0.325 e. The molecule has 2 aromatic rings. The number of para-hydroxylation sites is 1. The van der Waals surface area contributed by atoms with Gasteiger partial charge in [0.05, 0.1) is 16.4 Å². The molecule has 0 bridgehead atoms. The lowest BCUT2D eigenvalue weighted by atomic mass is 10.1. The Morgan fingerprint density at radius 1 is 1.38 bits per heavy atom. The van der Waals surface area contributed by atoms with Crippen molar-refractivity contribution in [2.75, 3.05) is 6.26 Å². The Balaban J connectivity index is 2.11. The minimum Gasteiger partial charge on any atom is -0.325 e. The Hall–Kier alpha value is -0.670. The average molecular weight is 323 g/mol. The maximum atomic E-state index is 6.42. The molecule has 1 aliphatic carbocycles. The number of alkyl halides is 1. The molecule has 1 atom stereocenters. The topological polar surface area (TPSA) is 17.8 Å². The minimum atomic E-state index is -0.0582. The second kappa shape index (κ2) is 5.85. The van der Waals surface area contributed by atoms with Crippen LogP contribution in [-0.4, -0.2) is 20.6 Å². The van der Waals surface area contributed by atoms with E-state index >= 15 is 0 Å². The summed E-state index contributed by atoms with van der Waals surface area (Å²) >= 11 is 8.44. The van der Waals surface area contributed by atoms with Crippen molar-refractivity contribution in [3.63, 3.8) is 0 Å². The summed E-state index contributed by atoms with van der Waals surface area (Å²) in [4.78, 5) is 4.84. The fourth-order valence-corrected chi connectivity index (χ4v) is 4.63. The van der Waals surface area contributed by atoms with Crippen LogP contribution in [0.3, 0.4) is 0 Å². The number of benzene rings is 1. The number of aromatic nitrogens is 2. The standard InChI is InChI=1S/C17H23ClN2S/c1-12-7-6-8-14-15(12)19-16(13(2)18)20(14)11-17(21-3)9-4-5-10-17/h6-8,13H,4-5,9-11H2,1-3H3. The summed E-state index contributed by atoms with van der Waals surface area (Å²) in [5.74, 6) is 1.02. The number of aryl methyl sites for hydroxylation is 1. The molecule has 1 saturated carbocycles. The summed E-state index contributed by atoms with van der Waals surface area (Å²) in [7, 11) is 0. The molecule has 0 spiro atoms. The Kier molecular flexibility index (Phi) is 4.24. The Labute approximate surface area is 136 Å². The molecule has 0 aliphatic heterocycles. The van der Waals surface area contributed by atoms with Crippen LogP contribution in [-0.2, 0) is 6.54 Å². The van der Waals surface area contributed by atoms with Crippen LogP contribution in [0.15, 0.2) is 18.2 Å². The highest BCUT2D eigenvalue weighted by atomic mass is 35.5. The smallest absolute Gasteiger partial charge is 0.127 e. The van der Waals surface area contributed by atoms with E-state index in [1.807, 2.05) is 18.7 Å². The summed E-state index contributed by atoms with van der Waals surface area (Å²) in [6, 6.07) is 6.43. The number of nitrogens with zero attached hydrogens (tertiary/aromatic N) is 2. The molecule has 1 aromatic heterocycles. The molecule has 1 heterocycles. The van der Waals surface area contributed by atoms with Gasteiger partial charge in [0.15, 0.2) is 0 Å². The van der Waals surface area contributed by atoms with Crippen molar-refractivity contribution >= 4 is 34.4 Å². The van der Waals surface area contributed by atoms with Gasteiger partial charge in [-0.1, -0.05) is 25.0 Å². The van der Waals surface area contributed by atoms with Crippen LogP contribution >= 0.6 is 23.4 Å². The van der Waals surface area contributed by atoms with E-state index in [2.05, 4.69) is 35.9 Å². The third-order valence-electron chi connectivity index (χ3n) is 4.76. The van der Waals surface area contributed by atoms with E-state index in [1.54, 1.807) is 0 Å². The molecule has 1 unspecified atom stereocenters. The van der Waals surface area contributed by atoms with E-state index in [1.165, 1.54) is 36.8 Å². The highest BCUT2D eigenvalue weighted by Crippen LogP contribution is 2.43. The summed E-state index contributed by atoms with van der Waals surface area (Å²) in [5, 5.41) is -0.0582. The Morgan fingerprint density at radius 3 is 2.71 bits per heavy atom. The van der Waals surface area contributed by atoms with Gasteiger partial charge in [-0.2, -0.15) is 11.8 Å².